The van der Waals surface area contributed by atoms with Gasteiger partial charge in [0, 0.05) is 31.7 Å². The normalized spacial score (nSPS) is 28.1. The molecule has 3 unspecified atom stereocenters. The third kappa shape index (κ3) is 3.16. The number of anilines is 1. The van der Waals surface area contributed by atoms with Crippen molar-refractivity contribution in [1.82, 2.24) is 10.2 Å². The zero-order chi connectivity index (χ0) is 25.2. The Hall–Kier alpha value is -3.26. The minimum atomic E-state index is -1.86. The first-order valence-electron chi connectivity index (χ1n) is 12.6. The average Bonchev–Trinajstić information content (AvgIpc) is 3.25. The summed E-state index contributed by atoms with van der Waals surface area (Å²) in [6.45, 7) is 3.31. The Morgan fingerprint density at radius 1 is 1.00 bits per heavy atom. The van der Waals surface area contributed by atoms with Crippen molar-refractivity contribution in [1.29, 1.82) is 0 Å². The molecule has 1 fully saturated rings. The van der Waals surface area contributed by atoms with E-state index in [0.29, 0.717) is 37.2 Å². The van der Waals surface area contributed by atoms with Gasteiger partial charge in [-0.05, 0) is 47.7 Å². The number of nitrogens with zero attached hydrogens (tertiary/aromatic N) is 2. The van der Waals surface area contributed by atoms with E-state index in [0.717, 1.165) is 21.9 Å². The number of hydrogen-bond donors (Lipinski definition) is 3. The molecular weight excluding hydrogens is 454 g/mol. The predicted molar refractivity (Wildman–Crippen MR) is 137 cm³/mol. The minimum absolute atomic E-state index is 0.0990. The lowest BCUT2D eigenvalue weighted by Crippen LogP contribution is -2.52. The number of rotatable bonds is 4. The van der Waals surface area contributed by atoms with Crippen LogP contribution in [0.3, 0.4) is 0 Å². The van der Waals surface area contributed by atoms with E-state index >= 15 is 0 Å². The zero-order valence-corrected chi connectivity index (χ0v) is 20.6. The number of piperidine rings is 1. The highest BCUT2D eigenvalue weighted by Gasteiger charge is 2.53. The van der Waals surface area contributed by atoms with Crippen molar-refractivity contribution in [2.24, 2.45) is 0 Å². The first-order chi connectivity index (χ1) is 17.3. The number of aliphatic hydroxyl groups is 2. The molecule has 0 aromatic heterocycles. The van der Waals surface area contributed by atoms with Crippen LogP contribution >= 0.6 is 0 Å². The third-order valence-electron chi connectivity index (χ3n) is 8.42. The number of benzene rings is 3. The Morgan fingerprint density at radius 3 is 2.39 bits per heavy atom. The van der Waals surface area contributed by atoms with Crippen molar-refractivity contribution in [2.75, 3.05) is 25.0 Å². The molecule has 3 aliphatic rings. The molecule has 2 heterocycles. The van der Waals surface area contributed by atoms with Crippen molar-refractivity contribution < 1.29 is 19.8 Å². The van der Waals surface area contributed by atoms with Crippen LogP contribution in [0, 0.1) is 0 Å². The maximum Gasteiger partial charge on any atom is 0.264 e. The standard InChI is InChI=1S/C29H31N3O4/c1-28(35)22-11-6-8-18-7-5-9-20(25(18)22)26(28)31-15-13-19(14-16-31)32-23-12-4-3-10-21(23)29(36,27(32)34)17-24(33)30-2/h3-12,19,26,35-36H,13-17H2,1-2H3,(H,30,33). The Morgan fingerprint density at radius 2 is 1.67 bits per heavy atom. The topological polar surface area (TPSA) is 93.1 Å². The number of fused-ring (bicyclic) bond motifs is 1. The van der Waals surface area contributed by atoms with Crippen molar-refractivity contribution in [3.63, 3.8) is 0 Å². The second-order valence-corrected chi connectivity index (χ2v) is 10.5. The van der Waals surface area contributed by atoms with E-state index in [9.17, 15) is 19.8 Å². The van der Waals surface area contributed by atoms with Crippen LogP contribution in [0.1, 0.15) is 48.9 Å². The van der Waals surface area contributed by atoms with Gasteiger partial charge in [0.05, 0.1) is 18.2 Å². The molecule has 7 nitrogen and oxygen atoms in total. The van der Waals surface area contributed by atoms with Gasteiger partial charge in [-0.15, -0.1) is 0 Å². The van der Waals surface area contributed by atoms with Crippen LogP contribution in [0.5, 0.6) is 0 Å². The van der Waals surface area contributed by atoms with E-state index < -0.39 is 17.1 Å². The fourth-order valence-electron chi connectivity index (χ4n) is 6.74. The molecule has 1 aliphatic carbocycles. The molecule has 7 heteroatoms. The average molecular weight is 486 g/mol. The summed E-state index contributed by atoms with van der Waals surface area (Å²) >= 11 is 0. The van der Waals surface area contributed by atoms with Crippen LogP contribution in [0.2, 0.25) is 0 Å². The lowest BCUT2D eigenvalue weighted by atomic mass is 9.89. The quantitative estimate of drug-likeness (QED) is 0.529. The summed E-state index contributed by atoms with van der Waals surface area (Å²) < 4.78 is 0. The second kappa shape index (κ2) is 8.13. The predicted octanol–water partition coefficient (Wildman–Crippen LogP) is 2.94. The number of nitrogens with one attached hydrogen (secondary N) is 1. The summed E-state index contributed by atoms with van der Waals surface area (Å²) in [4.78, 5) is 29.8. The molecule has 6 rings (SSSR count). The Balaban J connectivity index is 1.27. The van der Waals surface area contributed by atoms with Crippen LogP contribution in [0.25, 0.3) is 10.8 Å². The maximum absolute atomic E-state index is 13.6. The van der Waals surface area contributed by atoms with Gasteiger partial charge in [0.2, 0.25) is 5.91 Å². The van der Waals surface area contributed by atoms with Gasteiger partial charge in [0.25, 0.3) is 5.91 Å². The molecule has 2 aliphatic heterocycles. The number of likely N-dealkylation sites (tertiary alicyclic amines) is 1. The summed E-state index contributed by atoms with van der Waals surface area (Å²) in [6, 6.07) is 19.3. The van der Waals surface area contributed by atoms with Crippen LogP contribution in [0.4, 0.5) is 5.69 Å². The highest BCUT2D eigenvalue weighted by atomic mass is 16.3. The molecule has 0 bridgehead atoms. The molecule has 3 N–H and O–H groups in total. The summed E-state index contributed by atoms with van der Waals surface area (Å²) in [5, 5.41) is 27.9. The molecule has 3 aromatic rings. The van der Waals surface area contributed by atoms with Crippen LogP contribution in [0.15, 0.2) is 60.7 Å². The smallest absolute Gasteiger partial charge is 0.264 e. The van der Waals surface area contributed by atoms with E-state index in [-0.39, 0.29) is 24.4 Å². The summed E-state index contributed by atoms with van der Waals surface area (Å²) in [5.41, 5.74) is 0.402. The molecule has 0 saturated carbocycles. The number of para-hydroxylation sites is 1. The largest absolute Gasteiger partial charge is 0.383 e. The van der Waals surface area contributed by atoms with Crippen LogP contribution < -0.4 is 10.2 Å². The number of carbonyl (C=O) groups is 2. The number of hydrogen-bond acceptors (Lipinski definition) is 5. The lowest BCUT2D eigenvalue weighted by molar-refractivity contribution is -0.143. The van der Waals surface area contributed by atoms with E-state index in [1.165, 1.54) is 7.05 Å². The Labute approximate surface area is 210 Å². The van der Waals surface area contributed by atoms with Crippen LogP contribution in [-0.2, 0) is 20.8 Å². The van der Waals surface area contributed by atoms with Gasteiger partial charge in [-0.1, -0.05) is 54.6 Å². The van der Waals surface area contributed by atoms with Gasteiger partial charge in [-0.2, -0.15) is 0 Å². The second-order valence-electron chi connectivity index (χ2n) is 10.5. The highest BCUT2D eigenvalue weighted by Crippen LogP contribution is 2.52. The monoisotopic (exact) mass is 485 g/mol. The minimum Gasteiger partial charge on any atom is -0.383 e. The fourth-order valence-corrected chi connectivity index (χ4v) is 6.74. The van der Waals surface area contributed by atoms with Gasteiger partial charge in [0.1, 0.15) is 5.60 Å². The van der Waals surface area contributed by atoms with Crippen molar-refractivity contribution in [2.45, 2.75) is 49.5 Å². The first-order valence-corrected chi connectivity index (χ1v) is 12.6. The van der Waals surface area contributed by atoms with Gasteiger partial charge < -0.3 is 20.4 Å². The van der Waals surface area contributed by atoms with Gasteiger partial charge in [-0.25, -0.2) is 0 Å². The first kappa shape index (κ1) is 23.2. The fraction of sp³-hybridized carbons (Fsp3) is 0.379. The maximum atomic E-state index is 13.6. The van der Waals surface area contributed by atoms with Crippen molar-refractivity contribution in [3.05, 3.63) is 77.4 Å². The van der Waals surface area contributed by atoms with Gasteiger partial charge in [-0.3, -0.25) is 14.5 Å². The SMILES string of the molecule is CNC(=O)CC1(O)C(=O)N(C2CCN(C3c4cccc5cccc(c45)C3(C)O)CC2)c2ccccc21. The third-order valence-corrected chi connectivity index (χ3v) is 8.42. The summed E-state index contributed by atoms with van der Waals surface area (Å²) in [7, 11) is 1.50. The zero-order valence-electron chi connectivity index (χ0n) is 20.6. The van der Waals surface area contributed by atoms with E-state index in [4.69, 9.17) is 0 Å². The van der Waals surface area contributed by atoms with Gasteiger partial charge >= 0.3 is 0 Å². The van der Waals surface area contributed by atoms with E-state index in [2.05, 4.69) is 34.5 Å². The molecule has 2 amide bonds. The number of amides is 2. The molecular formula is C29H31N3O4. The summed E-state index contributed by atoms with van der Waals surface area (Å²) in [5.74, 6) is -0.815. The van der Waals surface area contributed by atoms with E-state index in [1.54, 1.807) is 17.0 Å². The van der Waals surface area contributed by atoms with Crippen molar-refractivity contribution >= 4 is 28.3 Å². The summed E-state index contributed by atoms with van der Waals surface area (Å²) in [6.07, 6.45) is 1.10. The molecule has 0 radical (unpaired) electrons. The Kier molecular flexibility index (Phi) is 5.23. The molecule has 3 atom stereocenters. The van der Waals surface area contributed by atoms with Crippen molar-refractivity contribution in [3.8, 4) is 0 Å². The molecule has 36 heavy (non-hydrogen) atoms. The van der Waals surface area contributed by atoms with Gasteiger partial charge in [0.15, 0.2) is 5.60 Å². The van der Waals surface area contributed by atoms with E-state index in [1.807, 2.05) is 31.2 Å². The number of carbonyl (C=O) groups excluding carboxylic acids is 2. The molecule has 186 valence electrons. The van der Waals surface area contributed by atoms with Crippen LogP contribution in [-0.4, -0.2) is 53.1 Å². The highest BCUT2D eigenvalue weighted by molar-refractivity contribution is 6.09. The Bertz CT molecular complexity index is 1370. The molecule has 0 spiro atoms. The molecule has 3 aromatic carbocycles. The lowest BCUT2D eigenvalue weighted by Gasteiger charge is -2.43. The molecule has 1 saturated heterocycles.